The van der Waals surface area contributed by atoms with E-state index in [1.54, 1.807) is 12.1 Å². The first kappa shape index (κ1) is 18.1. The van der Waals surface area contributed by atoms with E-state index in [0.717, 1.165) is 28.7 Å². The molecule has 3 heteroatoms. The standard InChI is InChI=1S/C15H15NO.C7H6O/c1-11-7-9-13(10-8-11)15(17)16-14-6-4-3-5-12(14)2;8-6-7-4-2-1-3-5-7/h3-10H,1-2H3,(H,16,17);1-6H. The molecule has 25 heavy (non-hydrogen) atoms. The smallest absolute Gasteiger partial charge is 0.255 e. The van der Waals surface area contributed by atoms with Crippen molar-refractivity contribution in [2.24, 2.45) is 0 Å². The van der Waals surface area contributed by atoms with Gasteiger partial charge in [-0.15, -0.1) is 0 Å². The zero-order valence-corrected chi connectivity index (χ0v) is 14.4. The third-order valence-corrected chi connectivity index (χ3v) is 3.64. The van der Waals surface area contributed by atoms with Gasteiger partial charge in [0, 0.05) is 16.8 Å². The molecule has 0 aliphatic rings. The Labute approximate surface area is 148 Å². The van der Waals surface area contributed by atoms with E-state index >= 15 is 0 Å². The topological polar surface area (TPSA) is 46.2 Å². The summed E-state index contributed by atoms with van der Waals surface area (Å²) in [6, 6.07) is 24.4. The minimum atomic E-state index is -0.0701. The average molecular weight is 331 g/mol. The predicted octanol–water partition coefficient (Wildman–Crippen LogP) is 5.05. The molecule has 0 heterocycles. The third kappa shape index (κ3) is 5.74. The normalized spacial score (nSPS) is 9.52. The summed E-state index contributed by atoms with van der Waals surface area (Å²) in [5, 5.41) is 2.91. The summed E-state index contributed by atoms with van der Waals surface area (Å²) in [7, 11) is 0. The predicted molar refractivity (Wildman–Crippen MR) is 102 cm³/mol. The van der Waals surface area contributed by atoms with Gasteiger partial charge < -0.3 is 5.32 Å². The second kappa shape index (κ2) is 9.18. The van der Waals surface area contributed by atoms with Crippen molar-refractivity contribution in [3.8, 4) is 0 Å². The number of benzene rings is 3. The maximum atomic E-state index is 12.0. The largest absolute Gasteiger partial charge is 0.322 e. The van der Waals surface area contributed by atoms with Crippen LogP contribution in [-0.2, 0) is 0 Å². The molecular weight excluding hydrogens is 310 g/mol. The van der Waals surface area contributed by atoms with E-state index in [9.17, 15) is 9.59 Å². The fourth-order valence-electron chi connectivity index (χ4n) is 2.14. The molecule has 126 valence electrons. The summed E-state index contributed by atoms with van der Waals surface area (Å²) in [5.41, 5.74) is 4.48. The molecule has 0 bridgehead atoms. The van der Waals surface area contributed by atoms with Crippen LogP contribution >= 0.6 is 0 Å². The number of para-hydroxylation sites is 1. The van der Waals surface area contributed by atoms with Gasteiger partial charge in [-0.3, -0.25) is 9.59 Å². The van der Waals surface area contributed by atoms with Crippen molar-refractivity contribution in [2.45, 2.75) is 13.8 Å². The highest BCUT2D eigenvalue weighted by molar-refractivity contribution is 6.04. The van der Waals surface area contributed by atoms with Gasteiger partial charge in [0.05, 0.1) is 0 Å². The summed E-state index contributed by atoms with van der Waals surface area (Å²) in [4.78, 5) is 22.0. The molecule has 0 fully saturated rings. The summed E-state index contributed by atoms with van der Waals surface area (Å²) < 4.78 is 0. The van der Waals surface area contributed by atoms with Crippen LogP contribution in [0.4, 0.5) is 5.69 Å². The Bertz CT molecular complexity index is 824. The maximum absolute atomic E-state index is 12.0. The van der Waals surface area contributed by atoms with Crippen molar-refractivity contribution in [1.29, 1.82) is 0 Å². The third-order valence-electron chi connectivity index (χ3n) is 3.64. The summed E-state index contributed by atoms with van der Waals surface area (Å²) >= 11 is 0. The number of hydrogen-bond donors (Lipinski definition) is 1. The van der Waals surface area contributed by atoms with E-state index in [-0.39, 0.29) is 5.91 Å². The fourth-order valence-corrected chi connectivity index (χ4v) is 2.14. The molecule has 1 amide bonds. The highest BCUT2D eigenvalue weighted by Gasteiger charge is 2.06. The molecule has 1 N–H and O–H groups in total. The number of nitrogens with one attached hydrogen (secondary N) is 1. The highest BCUT2D eigenvalue weighted by Crippen LogP contribution is 2.14. The van der Waals surface area contributed by atoms with Gasteiger partial charge in [0.15, 0.2) is 0 Å². The lowest BCUT2D eigenvalue weighted by molar-refractivity contribution is 0.102. The number of hydrogen-bond acceptors (Lipinski definition) is 2. The van der Waals surface area contributed by atoms with Crippen LogP contribution in [-0.4, -0.2) is 12.2 Å². The van der Waals surface area contributed by atoms with Crippen LogP contribution < -0.4 is 5.32 Å². The Balaban J connectivity index is 0.000000236. The molecule has 0 spiro atoms. The van der Waals surface area contributed by atoms with Crippen molar-refractivity contribution >= 4 is 17.9 Å². The van der Waals surface area contributed by atoms with Gasteiger partial charge >= 0.3 is 0 Å². The lowest BCUT2D eigenvalue weighted by Gasteiger charge is -2.08. The number of amides is 1. The Morgan fingerprint density at radius 3 is 1.96 bits per heavy atom. The monoisotopic (exact) mass is 331 g/mol. The number of anilines is 1. The summed E-state index contributed by atoms with van der Waals surface area (Å²) in [6.45, 7) is 3.98. The van der Waals surface area contributed by atoms with E-state index in [1.807, 2.05) is 80.6 Å². The van der Waals surface area contributed by atoms with E-state index in [4.69, 9.17) is 0 Å². The number of aldehydes is 1. The van der Waals surface area contributed by atoms with Gasteiger partial charge in [0.2, 0.25) is 0 Å². The number of carbonyl (C=O) groups is 2. The lowest BCUT2D eigenvalue weighted by atomic mass is 10.1. The quantitative estimate of drug-likeness (QED) is 0.682. The van der Waals surface area contributed by atoms with E-state index in [2.05, 4.69) is 5.32 Å². The molecule has 3 aromatic rings. The van der Waals surface area contributed by atoms with Gasteiger partial charge in [0.1, 0.15) is 6.29 Å². The second-order valence-corrected chi connectivity index (χ2v) is 5.66. The molecule has 3 nitrogen and oxygen atoms in total. The number of rotatable bonds is 3. The number of aryl methyl sites for hydroxylation is 2. The lowest BCUT2D eigenvalue weighted by Crippen LogP contribution is -2.12. The molecule has 3 aromatic carbocycles. The first-order valence-electron chi connectivity index (χ1n) is 8.04. The molecule has 0 atom stereocenters. The van der Waals surface area contributed by atoms with Crippen molar-refractivity contribution < 1.29 is 9.59 Å². The van der Waals surface area contributed by atoms with Gasteiger partial charge in [-0.2, -0.15) is 0 Å². The van der Waals surface area contributed by atoms with Gasteiger partial charge in [-0.1, -0.05) is 66.2 Å². The zero-order chi connectivity index (χ0) is 18.1. The second-order valence-electron chi connectivity index (χ2n) is 5.66. The molecule has 0 aromatic heterocycles. The Morgan fingerprint density at radius 2 is 1.40 bits per heavy atom. The fraction of sp³-hybridized carbons (Fsp3) is 0.0909. The van der Waals surface area contributed by atoms with Gasteiger partial charge in [-0.25, -0.2) is 0 Å². The van der Waals surface area contributed by atoms with Gasteiger partial charge in [-0.05, 0) is 37.6 Å². The Kier molecular flexibility index (Phi) is 6.66. The van der Waals surface area contributed by atoms with Crippen LogP contribution in [0.1, 0.15) is 31.8 Å². The van der Waals surface area contributed by atoms with Crippen LogP contribution in [0, 0.1) is 13.8 Å². The van der Waals surface area contributed by atoms with Crippen LogP contribution in [0.5, 0.6) is 0 Å². The van der Waals surface area contributed by atoms with Gasteiger partial charge in [0.25, 0.3) is 5.91 Å². The molecule has 0 aliphatic carbocycles. The minimum Gasteiger partial charge on any atom is -0.322 e. The molecule has 3 rings (SSSR count). The molecular formula is C22H21NO2. The zero-order valence-electron chi connectivity index (χ0n) is 14.4. The van der Waals surface area contributed by atoms with Crippen molar-refractivity contribution in [3.05, 3.63) is 101 Å². The van der Waals surface area contributed by atoms with Crippen LogP contribution in [0.25, 0.3) is 0 Å². The van der Waals surface area contributed by atoms with Crippen molar-refractivity contribution in [1.82, 2.24) is 0 Å². The van der Waals surface area contributed by atoms with E-state index in [0.29, 0.717) is 5.56 Å². The van der Waals surface area contributed by atoms with Crippen LogP contribution in [0.3, 0.4) is 0 Å². The molecule has 0 aliphatic heterocycles. The molecule has 0 saturated carbocycles. The van der Waals surface area contributed by atoms with Crippen molar-refractivity contribution in [3.63, 3.8) is 0 Å². The molecule has 0 unspecified atom stereocenters. The first-order valence-corrected chi connectivity index (χ1v) is 8.04. The van der Waals surface area contributed by atoms with E-state index < -0.39 is 0 Å². The van der Waals surface area contributed by atoms with Crippen LogP contribution in [0.15, 0.2) is 78.9 Å². The summed E-state index contributed by atoms with van der Waals surface area (Å²) in [6.07, 6.45) is 0.833. The highest BCUT2D eigenvalue weighted by atomic mass is 16.1. The summed E-state index contributed by atoms with van der Waals surface area (Å²) in [5.74, 6) is -0.0701. The first-order chi connectivity index (χ1) is 12.1. The minimum absolute atomic E-state index is 0.0701. The van der Waals surface area contributed by atoms with Crippen LogP contribution in [0.2, 0.25) is 0 Å². The van der Waals surface area contributed by atoms with Crippen molar-refractivity contribution in [2.75, 3.05) is 5.32 Å². The Morgan fingerprint density at radius 1 is 0.800 bits per heavy atom. The molecule has 0 radical (unpaired) electrons. The SMILES string of the molecule is Cc1ccc(C(=O)Nc2ccccc2C)cc1.O=Cc1ccccc1. The number of carbonyl (C=O) groups excluding carboxylic acids is 2. The Hall–Kier alpha value is -3.20. The molecule has 0 saturated heterocycles. The van der Waals surface area contributed by atoms with E-state index in [1.165, 1.54) is 0 Å². The average Bonchev–Trinajstić information content (AvgIpc) is 2.65. The maximum Gasteiger partial charge on any atom is 0.255 e.